The molecule has 2 heterocycles. The van der Waals surface area contributed by atoms with Crippen molar-refractivity contribution in [2.75, 3.05) is 13.1 Å². The van der Waals surface area contributed by atoms with E-state index in [1.807, 2.05) is 24.3 Å². The Morgan fingerprint density at radius 3 is 3.00 bits per heavy atom. The molecule has 86 valence electrons. The first kappa shape index (κ1) is 11.2. The first-order chi connectivity index (χ1) is 7.42. The van der Waals surface area contributed by atoms with Crippen LogP contribution in [0.4, 0.5) is 0 Å². The van der Waals surface area contributed by atoms with Crippen LogP contribution in [0, 0.1) is 0 Å². The fourth-order valence-corrected chi connectivity index (χ4v) is 1.77. The summed E-state index contributed by atoms with van der Waals surface area (Å²) in [6, 6.07) is 7.67. The van der Waals surface area contributed by atoms with Crippen molar-refractivity contribution in [1.82, 2.24) is 10.3 Å². The van der Waals surface area contributed by atoms with Gasteiger partial charge in [0.25, 0.3) is 0 Å². The van der Waals surface area contributed by atoms with E-state index in [0.717, 1.165) is 30.6 Å². The minimum Gasteiger partial charge on any atom is -0.445 e. The summed E-state index contributed by atoms with van der Waals surface area (Å²) in [5, 5.41) is 3.23. The van der Waals surface area contributed by atoms with Crippen LogP contribution in [0.15, 0.2) is 28.7 Å². The lowest BCUT2D eigenvalue weighted by atomic mass is 10.3. The topological polar surface area (TPSA) is 47.3 Å². The summed E-state index contributed by atoms with van der Waals surface area (Å²) in [7, 11) is 0. The van der Waals surface area contributed by atoms with Crippen LogP contribution in [0.1, 0.15) is 6.42 Å². The normalized spacial score (nSPS) is 19.6. The van der Waals surface area contributed by atoms with Crippen molar-refractivity contribution in [1.29, 1.82) is 0 Å². The van der Waals surface area contributed by atoms with Crippen molar-refractivity contribution in [2.45, 2.75) is 12.5 Å². The molecule has 0 radical (unpaired) electrons. The summed E-state index contributed by atoms with van der Waals surface area (Å²) in [5.74, 6) is 0. The molecule has 0 spiro atoms. The van der Waals surface area contributed by atoms with Crippen molar-refractivity contribution in [3.63, 3.8) is 0 Å². The average Bonchev–Trinajstić information content (AvgIpc) is 2.86. The van der Waals surface area contributed by atoms with Gasteiger partial charge >= 0.3 is 6.08 Å². The zero-order valence-corrected chi connectivity index (χ0v) is 9.50. The lowest BCUT2D eigenvalue weighted by molar-refractivity contribution is 0.166. The maximum atomic E-state index is 5.62. The maximum Gasteiger partial charge on any atom is 0.394 e. The largest absolute Gasteiger partial charge is 0.445 e. The second-order valence-electron chi connectivity index (χ2n) is 3.68. The smallest absolute Gasteiger partial charge is 0.394 e. The molecule has 0 bridgehead atoms. The number of rotatable bonds is 2. The highest BCUT2D eigenvalue weighted by atomic mass is 35.5. The number of nitrogens with one attached hydrogen (secondary N) is 1. The molecule has 4 nitrogen and oxygen atoms in total. The van der Waals surface area contributed by atoms with Gasteiger partial charge < -0.3 is 14.5 Å². The second kappa shape index (κ2) is 4.72. The van der Waals surface area contributed by atoms with E-state index in [0.29, 0.717) is 6.08 Å². The van der Waals surface area contributed by atoms with Crippen LogP contribution in [-0.2, 0) is 0 Å². The number of hydrogen-bond acceptors (Lipinski definition) is 4. The highest BCUT2D eigenvalue weighted by Crippen LogP contribution is 2.21. The van der Waals surface area contributed by atoms with E-state index >= 15 is 0 Å². The Balaban J connectivity index is 0.000000963. The average molecular weight is 241 g/mol. The van der Waals surface area contributed by atoms with Gasteiger partial charge in [0.05, 0.1) is 0 Å². The molecule has 0 saturated carbocycles. The molecular formula is C11H13ClN2O2. The third-order valence-corrected chi connectivity index (χ3v) is 2.56. The monoisotopic (exact) mass is 240 g/mol. The van der Waals surface area contributed by atoms with Gasteiger partial charge in [-0.25, -0.2) is 0 Å². The molecule has 16 heavy (non-hydrogen) atoms. The van der Waals surface area contributed by atoms with Crippen LogP contribution < -0.4 is 10.1 Å². The van der Waals surface area contributed by atoms with Gasteiger partial charge in [-0.1, -0.05) is 12.1 Å². The Bertz CT molecular complexity index is 433. The lowest BCUT2D eigenvalue weighted by Gasteiger charge is -2.06. The molecule has 1 fully saturated rings. The predicted molar refractivity (Wildman–Crippen MR) is 63.2 cm³/mol. The summed E-state index contributed by atoms with van der Waals surface area (Å²) in [6.07, 6.45) is 1.58. The predicted octanol–water partition coefficient (Wildman–Crippen LogP) is 1.99. The minimum absolute atomic E-state index is 0. The summed E-state index contributed by atoms with van der Waals surface area (Å²) in [5.41, 5.74) is 1.62. The molecule has 1 aromatic heterocycles. The molecule has 1 aliphatic rings. The molecule has 1 atom stereocenters. The Morgan fingerprint density at radius 2 is 2.25 bits per heavy atom. The molecule has 2 aromatic rings. The van der Waals surface area contributed by atoms with Crippen LogP contribution in [0.3, 0.4) is 0 Å². The van der Waals surface area contributed by atoms with E-state index in [4.69, 9.17) is 9.15 Å². The fourth-order valence-electron chi connectivity index (χ4n) is 1.77. The summed E-state index contributed by atoms with van der Waals surface area (Å²) < 4.78 is 11.1. The van der Waals surface area contributed by atoms with Crippen molar-refractivity contribution < 1.29 is 9.15 Å². The highest BCUT2D eigenvalue weighted by Gasteiger charge is 2.18. The maximum absolute atomic E-state index is 5.62. The van der Waals surface area contributed by atoms with Gasteiger partial charge in [-0.15, -0.1) is 12.4 Å². The molecule has 1 saturated heterocycles. The Hall–Kier alpha value is -1.26. The standard InChI is InChI=1S/C11H12N2O2.ClH/c1-2-4-10-9(3-1)13-11(15-10)14-8-5-6-12-7-8;/h1-4,8,12H,5-7H2;1H/t8-;/m0./s1. The molecule has 1 aromatic carbocycles. The number of nitrogens with zero attached hydrogens (tertiary/aromatic N) is 1. The van der Waals surface area contributed by atoms with Gasteiger partial charge in [0.2, 0.25) is 0 Å². The number of benzene rings is 1. The van der Waals surface area contributed by atoms with E-state index < -0.39 is 0 Å². The van der Waals surface area contributed by atoms with E-state index in [-0.39, 0.29) is 18.5 Å². The molecule has 5 heteroatoms. The quantitative estimate of drug-likeness (QED) is 0.872. The van der Waals surface area contributed by atoms with Crippen molar-refractivity contribution >= 4 is 23.5 Å². The number of aromatic nitrogens is 1. The number of oxazole rings is 1. The highest BCUT2D eigenvalue weighted by molar-refractivity contribution is 5.85. The van der Waals surface area contributed by atoms with Gasteiger partial charge in [0.1, 0.15) is 11.6 Å². The molecule has 1 aliphatic heterocycles. The van der Waals surface area contributed by atoms with Crippen LogP contribution >= 0.6 is 12.4 Å². The Kier molecular flexibility index (Phi) is 3.31. The number of hydrogen-bond donors (Lipinski definition) is 1. The van der Waals surface area contributed by atoms with Gasteiger partial charge in [0, 0.05) is 6.54 Å². The Morgan fingerprint density at radius 1 is 1.38 bits per heavy atom. The SMILES string of the molecule is Cl.c1ccc2oc(O[C@H]3CCNC3)nc2c1. The van der Waals surface area contributed by atoms with E-state index in [9.17, 15) is 0 Å². The van der Waals surface area contributed by atoms with Crippen LogP contribution in [0.2, 0.25) is 0 Å². The first-order valence-electron chi connectivity index (χ1n) is 5.15. The summed E-state index contributed by atoms with van der Waals surface area (Å²) in [4.78, 5) is 4.26. The number of halogens is 1. The summed E-state index contributed by atoms with van der Waals surface area (Å²) >= 11 is 0. The van der Waals surface area contributed by atoms with E-state index in [2.05, 4.69) is 10.3 Å². The fraction of sp³-hybridized carbons (Fsp3) is 0.364. The van der Waals surface area contributed by atoms with Gasteiger partial charge in [-0.05, 0) is 25.1 Å². The minimum atomic E-state index is 0. The second-order valence-corrected chi connectivity index (χ2v) is 3.68. The molecule has 1 N–H and O–H groups in total. The number of fused-ring (bicyclic) bond motifs is 1. The molecular weight excluding hydrogens is 228 g/mol. The van der Waals surface area contributed by atoms with Crippen molar-refractivity contribution in [2.24, 2.45) is 0 Å². The van der Waals surface area contributed by atoms with Crippen molar-refractivity contribution in [3.05, 3.63) is 24.3 Å². The zero-order valence-electron chi connectivity index (χ0n) is 8.68. The van der Waals surface area contributed by atoms with Gasteiger partial charge in [-0.2, -0.15) is 4.98 Å². The Labute approximate surface area is 99.4 Å². The molecule has 0 unspecified atom stereocenters. The van der Waals surface area contributed by atoms with Gasteiger partial charge in [-0.3, -0.25) is 0 Å². The van der Waals surface area contributed by atoms with Crippen LogP contribution in [0.25, 0.3) is 11.1 Å². The van der Waals surface area contributed by atoms with Gasteiger partial charge in [0.15, 0.2) is 5.58 Å². The molecule has 0 aliphatic carbocycles. The zero-order chi connectivity index (χ0) is 10.1. The number of ether oxygens (including phenoxy) is 1. The first-order valence-corrected chi connectivity index (χ1v) is 5.15. The molecule has 0 amide bonds. The van der Waals surface area contributed by atoms with Crippen molar-refractivity contribution in [3.8, 4) is 6.08 Å². The number of para-hydroxylation sites is 2. The van der Waals surface area contributed by atoms with Crippen LogP contribution in [-0.4, -0.2) is 24.2 Å². The molecule has 3 rings (SSSR count). The third-order valence-electron chi connectivity index (χ3n) is 2.56. The van der Waals surface area contributed by atoms with E-state index in [1.165, 1.54) is 0 Å². The lowest BCUT2D eigenvalue weighted by Crippen LogP contribution is -2.19. The summed E-state index contributed by atoms with van der Waals surface area (Å²) in [6.45, 7) is 1.88. The third kappa shape index (κ3) is 2.13. The van der Waals surface area contributed by atoms with E-state index in [1.54, 1.807) is 0 Å². The van der Waals surface area contributed by atoms with Crippen LogP contribution in [0.5, 0.6) is 6.08 Å².